The predicted molar refractivity (Wildman–Crippen MR) is 102 cm³/mol. The summed E-state index contributed by atoms with van der Waals surface area (Å²) in [4.78, 5) is 23.0. The molecule has 1 saturated carbocycles. The summed E-state index contributed by atoms with van der Waals surface area (Å²) < 4.78 is 107. The minimum Gasteiger partial charge on any atom is -0.354 e. The summed E-state index contributed by atoms with van der Waals surface area (Å²) >= 11 is -2.65. The zero-order valence-electron chi connectivity index (χ0n) is 17.0. The van der Waals surface area contributed by atoms with Crippen LogP contribution in [-0.4, -0.2) is 39.8 Å². The highest BCUT2D eigenvalue weighted by molar-refractivity contribution is 7.80. The molecule has 3 atom stereocenters. The van der Waals surface area contributed by atoms with E-state index in [4.69, 9.17) is 0 Å². The van der Waals surface area contributed by atoms with Crippen LogP contribution in [-0.2, 0) is 35.8 Å². The number of carbonyl (C=O) groups is 2. The number of benzene rings is 1. The van der Waals surface area contributed by atoms with E-state index in [1.807, 2.05) is 0 Å². The maximum Gasteiger partial charge on any atom is 0.430 e. The molecule has 5 nitrogen and oxygen atoms in total. The summed E-state index contributed by atoms with van der Waals surface area (Å²) in [7, 11) is 0. The number of Topliss-reactive ketones (excluding diaryl/α,β-unsaturated/α-hetero) is 1. The number of unbranched alkanes of at least 4 members (excludes halogenated alkanes) is 1. The van der Waals surface area contributed by atoms with Crippen LogP contribution >= 0.6 is 0 Å². The molecular weight excluding hydrogens is 466 g/mol. The summed E-state index contributed by atoms with van der Waals surface area (Å²) in [5.41, 5.74) is -5.85. The van der Waals surface area contributed by atoms with Gasteiger partial charge in [-0.25, -0.2) is 4.21 Å². The minimum absolute atomic E-state index is 0.0281. The third-order valence-electron chi connectivity index (χ3n) is 5.67. The fourth-order valence-electron chi connectivity index (χ4n) is 3.84. The molecule has 12 heteroatoms. The van der Waals surface area contributed by atoms with Gasteiger partial charge in [-0.3, -0.25) is 4.79 Å². The van der Waals surface area contributed by atoms with Crippen molar-refractivity contribution in [1.29, 1.82) is 0 Å². The SMILES string of the molecule is CCCCOC(c1ccc(C2(S(=O)O)CCC(=O)C(C=O)C2)cc1)(C(F)(F)F)C(F)(F)F. The van der Waals surface area contributed by atoms with E-state index in [0.29, 0.717) is 24.8 Å². The zero-order chi connectivity index (χ0) is 24.4. The Morgan fingerprint density at radius 2 is 1.72 bits per heavy atom. The Kier molecular flexibility index (Phi) is 7.94. The van der Waals surface area contributed by atoms with E-state index in [2.05, 4.69) is 4.74 Å². The molecule has 0 aliphatic heterocycles. The van der Waals surface area contributed by atoms with E-state index < -0.39 is 57.7 Å². The van der Waals surface area contributed by atoms with Crippen LogP contribution in [0, 0.1) is 5.92 Å². The maximum absolute atomic E-state index is 13.8. The Balaban J connectivity index is 2.58. The molecule has 0 bridgehead atoms. The van der Waals surface area contributed by atoms with Crippen molar-refractivity contribution in [3.63, 3.8) is 0 Å². The molecule has 1 aromatic rings. The van der Waals surface area contributed by atoms with Gasteiger partial charge in [0.2, 0.25) is 0 Å². The minimum atomic E-state index is -5.84. The highest BCUT2D eigenvalue weighted by atomic mass is 32.2. The number of ketones is 1. The Labute approximate surface area is 182 Å². The Morgan fingerprint density at radius 3 is 2.16 bits per heavy atom. The molecule has 0 amide bonds. The first-order chi connectivity index (χ1) is 14.8. The van der Waals surface area contributed by atoms with Crippen LogP contribution in [0.15, 0.2) is 24.3 Å². The molecule has 1 fully saturated rings. The van der Waals surface area contributed by atoms with Gasteiger partial charge in [-0.15, -0.1) is 0 Å². The fourth-order valence-corrected chi connectivity index (χ4v) is 4.78. The van der Waals surface area contributed by atoms with Crippen molar-refractivity contribution < 1.29 is 49.4 Å². The molecule has 1 N–H and O–H groups in total. The molecule has 0 aromatic heterocycles. The number of ether oxygens (including phenoxy) is 1. The smallest absolute Gasteiger partial charge is 0.354 e. The molecule has 0 heterocycles. The van der Waals surface area contributed by atoms with Gasteiger partial charge < -0.3 is 14.1 Å². The molecule has 3 unspecified atom stereocenters. The molecule has 0 radical (unpaired) electrons. The Morgan fingerprint density at radius 1 is 1.16 bits per heavy atom. The second-order valence-corrected chi connectivity index (χ2v) is 8.89. The average molecular weight is 488 g/mol. The normalized spacial score (nSPS) is 23.8. The van der Waals surface area contributed by atoms with Gasteiger partial charge in [0, 0.05) is 18.6 Å². The van der Waals surface area contributed by atoms with Crippen LogP contribution in [0.1, 0.15) is 50.2 Å². The van der Waals surface area contributed by atoms with Crippen molar-refractivity contribution in [3.05, 3.63) is 35.4 Å². The summed E-state index contributed by atoms with van der Waals surface area (Å²) in [5, 5.41) is 0. The number of carbonyl (C=O) groups excluding carboxylic acids is 2. The van der Waals surface area contributed by atoms with E-state index in [0.717, 1.165) is 12.1 Å². The average Bonchev–Trinajstić information content (AvgIpc) is 2.70. The quantitative estimate of drug-likeness (QED) is 0.187. The lowest BCUT2D eigenvalue weighted by Crippen LogP contribution is -2.56. The van der Waals surface area contributed by atoms with Gasteiger partial charge in [0.15, 0.2) is 11.1 Å². The standard InChI is InChI=1S/C20H22F6O5S/c1-2-3-10-31-18(19(21,22)23,20(24,25)26)15-6-4-14(5-7-15)17(32(29)30)9-8-16(28)13(11-17)12-27/h4-7,12-13H,2-3,8-11H2,1H3,(H,29,30). The van der Waals surface area contributed by atoms with Crippen LogP contribution in [0.3, 0.4) is 0 Å². The van der Waals surface area contributed by atoms with Crippen molar-refractivity contribution in [2.45, 2.75) is 61.7 Å². The second kappa shape index (κ2) is 9.60. The number of alkyl halides is 6. The molecule has 1 aromatic carbocycles. The van der Waals surface area contributed by atoms with Crippen LogP contribution in [0.5, 0.6) is 0 Å². The molecule has 32 heavy (non-hydrogen) atoms. The summed E-state index contributed by atoms with van der Waals surface area (Å²) in [6.45, 7) is 0.794. The molecule has 1 aliphatic rings. The Hall–Kier alpha value is -1.79. The first kappa shape index (κ1) is 26.5. The van der Waals surface area contributed by atoms with Crippen molar-refractivity contribution >= 4 is 23.1 Å². The van der Waals surface area contributed by atoms with E-state index >= 15 is 0 Å². The summed E-state index contributed by atoms with van der Waals surface area (Å²) in [5.74, 6) is -1.64. The van der Waals surface area contributed by atoms with Gasteiger partial charge in [0.1, 0.15) is 12.1 Å². The Bertz CT molecular complexity index is 838. The van der Waals surface area contributed by atoms with Gasteiger partial charge in [-0.2, -0.15) is 26.3 Å². The van der Waals surface area contributed by atoms with E-state index in [1.165, 1.54) is 0 Å². The topological polar surface area (TPSA) is 80.7 Å². The molecule has 2 rings (SSSR count). The fraction of sp³-hybridized carbons (Fsp3) is 0.600. The summed E-state index contributed by atoms with van der Waals surface area (Å²) in [6.07, 6.45) is -11.9. The molecule has 0 saturated heterocycles. The highest BCUT2D eigenvalue weighted by Gasteiger charge is 2.73. The van der Waals surface area contributed by atoms with E-state index in [9.17, 15) is 44.7 Å². The monoisotopic (exact) mass is 488 g/mol. The number of halogens is 6. The first-order valence-electron chi connectivity index (χ1n) is 9.74. The highest BCUT2D eigenvalue weighted by Crippen LogP contribution is 2.53. The largest absolute Gasteiger partial charge is 0.430 e. The first-order valence-corrected chi connectivity index (χ1v) is 10.8. The van der Waals surface area contributed by atoms with Crippen molar-refractivity contribution in [2.75, 3.05) is 6.61 Å². The number of hydrogen-bond donors (Lipinski definition) is 1. The third kappa shape index (κ3) is 4.62. The van der Waals surface area contributed by atoms with Gasteiger partial charge in [0.25, 0.3) is 5.60 Å². The van der Waals surface area contributed by atoms with Crippen LogP contribution < -0.4 is 0 Å². The predicted octanol–water partition coefficient (Wildman–Crippen LogP) is 4.81. The van der Waals surface area contributed by atoms with Crippen molar-refractivity contribution in [1.82, 2.24) is 0 Å². The number of rotatable bonds is 8. The van der Waals surface area contributed by atoms with E-state index in [1.54, 1.807) is 6.92 Å². The lowest BCUT2D eigenvalue weighted by Gasteiger charge is -2.39. The van der Waals surface area contributed by atoms with Gasteiger partial charge >= 0.3 is 12.4 Å². The van der Waals surface area contributed by atoms with Gasteiger partial charge in [-0.1, -0.05) is 37.6 Å². The maximum atomic E-state index is 13.8. The van der Waals surface area contributed by atoms with E-state index in [-0.39, 0.29) is 31.2 Å². The van der Waals surface area contributed by atoms with Crippen LogP contribution in [0.25, 0.3) is 0 Å². The third-order valence-corrected chi connectivity index (χ3v) is 6.94. The zero-order valence-corrected chi connectivity index (χ0v) is 17.8. The molecule has 180 valence electrons. The molecular formula is C20H22F6O5S. The van der Waals surface area contributed by atoms with Crippen molar-refractivity contribution in [3.8, 4) is 0 Å². The van der Waals surface area contributed by atoms with Crippen molar-refractivity contribution in [2.24, 2.45) is 5.92 Å². The molecule has 0 spiro atoms. The second-order valence-electron chi connectivity index (χ2n) is 7.61. The van der Waals surface area contributed by atoms with Gasteiger partial charge in [0.05, 0.1) is 10.7 Å². The number of aldehydes is 1. The van der Waals surface area contributed by atoms with Crippen LogP contribution in [0.2, 0.25) is 0 Å². The van der Waals surface area contributed by atoms with Gasteiger partial charge in [-0.05, 0) is 24.8 Å². The number of hydrogen-bond acceptors (Lipinski definition) is 4. The summed E-state index contributed by atoms with van der Waals surface area (Å²) in [6, 6.07) is 2.89. The lowest BCUT2D eigenvalue weighted by atomic mass is 9.76. The lowest BCUT2D eigenvalue weighted by molar-refractivity contribution is -0.389. The van der Waals surface area contributed by atoms with Crippen LogP contribution in [0.4, 0.5) is 26.3 Å². The molecule has 1 aliphatic carbocycles.